The van der Waals surface area contributed by atoms with Crippen LogP contribution in [0.2, 0.25) is 0 Å². The van der Waals surface area contributed by atoms with Crippen LogP contribution in [-0.4, -0.2) is 24.7 Å². The summed E-state index contributed by atoms with van der Waals surface area (Å²) in [6.45, 7) is 2.77. The van der Waals surface area contributed by atoms with Gasteiger partial charge in [0.1, 0.15) is 22.2 Å². The molecule has 0 radical (unpaired) electrons. The number of hydrogen-bond donors (Lipinski definition) is 1. The zero-order valence-electron chi connectivity index (χ0n) is 17.9. The average Bonchev–Trinajstić information content (AvgIpc) is 3.20. The van der Waals surface area contributed by atoms with E-state index in [0.29, 0.717) is 27.7 Å². The molecule has 5 aromatic rings. The van der Waals surface area contributed by atoms with E-state index in [4.69, 9.17) is 9.40 Å². The van der Waals surface area contributed by atoms with E-state index in [0.717, 1.165) is 35.9 Å². The fourth-order valence-electron chi connectivity index (χ4n) is 3.93. The second kappa shape index (κ2) is 8.31. The number of aromatic amines is 1. The largest absolute Gasteiger partial charge is 0.464 e. The summed E-state index contributed by atoms with van der Waals surface area (Å²) < 4.78 is 7.70. The molecule has 1 aromatic carbocycles. The first-order valence-corrected chi connectivity index (χ1v) is 12.6. The third kappa shape index (κ3) is 3.91. The maximum Gasteiger partial charge on any atom is 0.260 e. The Balaban J connectivity index is 1.31. The predicted molar refractivity (Wildman–Crippen MR) is 130 cm³/mol. The number of aromatic nitrogens is 5. The predicted octanol–water partition coefficient (Wildman–Crippen LogP) is 5.62. The van der Waals surface area contributed by atoms with Gasteiger partial charge in [-0.1, -0.05) is 42.1 Å². The highest BCUT2D eigenvalue weighted by molar-refractivity contribution is 7.99. The van der Waals surface area contributed by atoms with Crippen molar-refractivity contribution in [3.05, 3.63) is 81.7 Å². The number of benzene rings is 1. The molecule has 7 nitrogen and oxygen atoms in total. The summed E-state index contributed by atoms with van der Waals surface area (Å²) in [6, 6.07) is 14.0. The molecule has 1 N–H and O–H groups in total. The summed E-state index contributed by atoms with van der Waals surface area (Å²) in [5.41, 5.74) is 1.84. The number of thioether (sulfide) groups is 1. The number of fused-ring (bicyclic) bond motifs is 1. The molecular weight excluding hydrogens is 454 g/mol. The highest BCUT2D eigenvalue weighted by Gasteiger charge is 2.31. The van der Waals surface area contributed by atoms with E-state index in [1.54, 1.807) is 18.0 Å². The Morgan fingerprint density at radius 2 is 2.06 bits per heavy atom. The van der Waals surface area contributed by atoms with Crippen LogP contribution < -0.4 is 5.56 Å². The summed E-state index contributed by atoms with van der Waals surface area (Å²) in [5, 5.41) is 12.3. The van der Waals surface area contributed by atoms with Crippen molar-refractivity contribution < 1.29 is 4.42 Å². The van der Waals surface area contributed by atoms with Crippen molar-refractivity contribution in [2.24, 2.45) is 0 Å². The van der Waals surface area contributed by atoms with Gasteiger partial charge in [0.2, 0.25) is 0 Å². The van der Waals surface area contributed by atoms with Gasteiger partial charge in [-0.15, -0.1) is 21.5 Å². The molecule has 166 valence electrons. The Morgan fingerprint density at radius 3 is 2.82 bits per heavy atom. The van der Waals surface area contributed by atoms with Crippen molar-refractivity contribution in [2.45, 2.75) is 42.6 Å². The molecule has 33 heavy (non-hydrogen) atoms. The molecule has 4 aromatic heterocycles. The average molecular weight is 476 g/mol. The fraction of sp³-hybridized carbons (Fsp3) is 0.250. The highest BCUT2D eigenvalue weighted by atomic mass is 32.2. The Labute approximate surface area is 197 Å². The zero-order chi connectivity index (χ0) is 22.4. The minimum absolute atomic E-state index is 0.0953. The van der Waals surface area contributed by atoms with Gasteiger partial charge in [-0.05, 0) is 37.5 Å². The Kier molecular flexibility index (Phi) is 5.15. The molecule has 1 atom stereocenters. The van der Waals surface area contributed by atoms with E-state index in [9.17, 15) is 4.79 Å². The van der Waals surface area contributed by atoms with Crippen LogP contribution >= 0.6 is 23.1 Å². The summed E-state index contributed by atoms with van der Waals surface area (Å²) in [5.74, 6) is 2.84. The molecule has 0 amide bonds. The number of rotatable bonds is 7. The van der Waals surface area contributed by atoms with Gasteiger partial charge in [-0.3, -0.25) is 4.79 Å². The standard InChI is InChI=1S/C24H21N5O2S2/c1-14(20-25-22(30)19-17(13-32-23(19)26-20)18-8-5-11-31-18)33-24-28-27-21(16-9-10-16)29(24)12-15-6-3-2-4-7-15/h2-8,11,13-14,16H,9-10,12H2,1H3,(H,25,26,30). The first kappa shape index (κ1) is 20.4. The maximum absolute atomic E-state index is 13.0. The van der Waals surface area contributed by atoms with Crippen molar-refractivity contribution in [2.75, 3.05) is 0 Å². The number of hydrogen-bond acceptors (Lipinski definition) is 7. The van der Waals surface area contributed by atoms with Crippen LogP contribution in [0.1, 0.15) is 48.1 Å². The van der Waals surface area contributed by atoms with E-state index < -0.39 is 0 Å². The third-order valence-electron chi connectivity index (χ3n) is 5.79. The lowest BCUT2D eigenvalue weighted by molar-refractivity contribution is 0.583. The van der Waals surface area contributed by atoms with Crippen molar-refractivity contribution >= 4 is 33.3 Å². The lowest BCUT2D eigenvalue weighted by Crippen LogP contribution is -2.13. The Morgan fingerprint density at radius 1 is 1.21 bits per heavy atom. The lowest BCUT2D eigenvalue weighted by Gasteiger charge is -2.13. The molecule has 1 aliphatic rings. The normalized spacial score (nSPS) is 14.7. The second-order valence-corrected chi connectivity index (χ2v) is 10.4. The lowest BCUT2D eigenvalue weighted by atomic mass is 10.2. The van der Waals surface area contributed by atoms with Crippen LogP contribution in [0, 0.1) is 0 Å². The van der Waals surface area contributed by atoms with Crippen LogP contribution in [0.5, 0.6) is 0 Å². The van der Waals surface area contributed by atoms with Gasteiger partial charge in [0.05, 0.1) is 23.4 Å². The smallest absolute Gasteiger partial charge is 0.260 e. The van der Waals surface area contributed by atoms with E-state index >= 15 is 0 Å². The summed E-state index contributed by atoms with van der Waals surface area (Å²) in [6.07, 6.45) is 3.93. The van der Waals surface area contributed by atoms with Crippen LogP contribution in [-0.2, 0) is 6.54 Å². The minimum Gasteiger partial charge on any atom is -0.464 e. The van der Waals surface area contributed by atoms with Gasteiger partial charge < -0.3 is 14.0 Å². The molecule has 1 aliphatic carbocycles. The van der Waals surface area contributed by atoms with Crippen LogP contribution in [0.4, 0.5) is 0 Å². The molecular formula is C24H21N5O2S2. The molecule has 1 fully saturated rings. The quantitative estimate of drug-likeness (QED) is 0.308. The maximum atomic E-state index is 13.0. The molecule has 1 unspecified atom stereocenters. The summed E-state index contributed by atoms with van der Waals surface area (Å²) in [4.78, 5) is 21.4. The number of furan rings is 1. The van der Waals surface area contributed by atoms with Crippen molar-refractivity contribution in [1.82, 2.24) is 24.7 Å². The van der Waals surface area contributed by atoms with Gasteiger partial charge in [0.25, 0.3) is 5.56 Å². The number of thiophene rings is 1. The van der Waals surface area contributed by atoms with Crippen LogP contribution in [0.3, 0.4) is 0 Å². The summed E-state index contributed by atoms with van der Waals surface area (Å²) in [7, 11) is 0. The van der Waals surface area contributed by atoms with Crippen molar-refractivity contribution in [3.63, 3.8) is 0 Å². The number of nitrogens with zero attached hydrogens (tertiary/aromatic N) is 4. The number of H-pyrrole nitrogens is 1. The zero-order valence-corrected chi connectivity index (χ0v) is 19.5. The van der Waals surface area contributed by atoms with Gasteiger partial charge >= 0.3 is 0 Å². The minimum atomic E-state index is -0.153. The molecule has 0 saturated heterocycles. The van der Waals surface area contributed by atoms with Crippen LogP contribution in [0.15, 0.2) is 68.5 Å². The van der Waals surface area contributed by atoms with Gasteiger partial charge in [0.15, 0.2) is 5.16 Å². The highest BCUT2D eigenvalue weighted by Crippen LogP contribution is 2.42. The molecule has 0 bridgehead atoms. The second-order valence-electron chi connectivity index (χ2n) is 8.20. The first-order chi connectivity index (χ1) is 16.2. The van der Waals surface area contributed by atoms with E-state index in [1.807, 2.05) is 42.6 Å². The first-order valence-electron chi connectivity index (χ1n) is 10.9. The monoisotopic (exact) mass is 475 g/mol. The molecule has 0 spiro atoms. The fourth-order valence-corrected chi connectivity index (χ4v) is 5.78. The van der Waals surface area contributed by atoms with Gasteiger partial charge in [-0.25, -0.2) is 4.98 Å². The van der Waals surface area contributed by atoms with E-state index in [1.165, 1.54) is 16.9 Å². The molecule has 4 heterocycles. The SMILES string of the molecule is CC(Sc1nnc(C2CC2)n1Cc1ccccc1)c1nc2scc(-c3ccco3)c2c(=O)[nH]1. The number of nitrogens with one attached hydrogen (secondary N) is 1. The summed E-state index contributed by atoms with van der Waals surface area (Å²) >= 11 is 3.03. The Bertz CT molecular complexity index is 1470. The molecule has 1 saturated carbocycles. The van der Waals surface area contributed by atoms with E-state index in [2.05, 4.69) is 31.9 Å². The van der Waals surface area contributed by atoms with Crippen LogP contribution in [0.25, 0.3) is 21.5 Å². The molecule has 6 rings (SSSR count). The van der Waals surface area contributed by atoms with Crippen molar-refractivity contribution in [3.8, 4) is 11.3 Å². The van der Waals surface area contributed by atoms with Gasteiger partial charge in [-0.2, -0.15) is 0 Å². The van der Waals surface area contributed by atoms with E-state index in [-0.39, 0.29) is 10.8 Å². The van der Waals surface area contributed by atoms with Crippen molar-refractivity contribution in [1.29, 1.82) is 0 Å². The molecule has 0 aliphatic heterocycles. The Hall–Kier alpha value is -3.17. The van der Waals surface area contributed by atoms with Gasteiger partial charge in [0, 0.05) is 16.9 Å². The molecule has 9 heteroatoms. The topological polar surface area (TPSA) is 89.6 Å². The third-order valence-corrected chi connectivity index (χ3v) is 7.75.